The molecule has 1 unspecified atom stereocenters. The second-order valence-corrected chi connectivity index (χ2v) is 13.7. The van der Waals surface area contributed by atoms with Gasteiger partial charge in [-0.1, -0.05) is 19.4 Å². The number of rotatable bonds is 4. The summed E-state index contributed by atoms with van der Waals surface area (Å²) in [4.78, 5) is 26.4. The summed E-state index contributed by atoms with van der Waals surface area (Å²) in [5, 5.41) is 16.2. The molecule has 0 bridgehead atoms. The van der Waals surface area contributed by atoms with Gasteiger partial charge < -0.3 is 14.6 Å². The van der Waals surface area contributed by atoms with Gasteiger partial charge in [-0.15, -0.1) is 12.6 Å². The molecule has 2 aromatic rings. The summed E-state index contributed by atoms with van der Waals surface area (Å²) >= 11 is 4.30. The number of esters is 1. The van der Waals surface area contributed by atoms with Crippen molar-refractivity contribution in [1.82, 2.24) is 9.78 Å². The molecule has 7 rings (SSSR count). The van der Waals surface area contributed by atoms with Crippen LogP contribution in [0.3, 0.4) is 0 Å². The highest BCUT2D eigenvalue weighted by molar-refractivity contribution is 7.96. The zero-order chi connectivity index (χ0) is 28.7. The Kier molecular flexibility index (Phi) is 6.34. The van der Waals surface area contributed by atoms with Gasteiger partial charge in [0, 0.05) is 12.0 Å². The van der Waals surface area contributed by atoms with Gasteiger partial charge in [-0.3, -0.25) is 4.79 Å². The molecule has 218 valence electrons. The molecule has 0 amide bonds. The van der Waals surface area contributed by atoms with Crippen molar-refractivity contribution in [2.75, 3.05) is 6.61 Å². The molecule has 1 aliphatic heterocycles. The molecule has 2 heterocycles. The lowest BCUT2D eigenvalue weighted by molar-refractivity contribution is -0.202. The van der Waals surface area contributed by atoms with Crippen molar-refractivity contribution in [3.05, 3.63) is 53.1 Å². The molecular weight excluding hydrogens is 543 g/mol. The van der Waals surface area contributed by atoms with Crippen LogP contribution in [0.5, 0.6) is 0 Å². The Hall–Kier alpha value is -2.49. The van der Waals surface area contributed by atoms with Gasteiger partial charge in [0.2, 0.25) is 5.12 Å². The maximum Gasteiger partial charge on any atom is 0.336 e. The molecule has 1 saturated heterocycles. The maximum absolute atomic E-state index is 13.6. The Bertz CT molecular complexity index is 1430. The van der Waals surface area contributed by atoms with Gasteiger partial charge in [0.25, 0.3) is 0 Å². The quantitative estimate of drug-likeness (QED) is 0.387. The number of carbonyl (C=O) groups is 2. The van der Waals surface area contributed by atoms with E-state index in [1.165, 1.54) is 17.7 Å². The topological polar surface area (TPSA) is 90.7 Å². The summed E-state index contributed by atoms with van der Waals surface area (Å²) in [6, 6.07) is 6.36. The van der Waals surface area contributed by atoms with Gasteiger partial charge in [0.05, 0.1) is 23.7 Å². The smallest absolute Gasteiger partial charge is 0.336 e. The van der Waals surface area contributed by atoms with E-state index in [0.717, 1.165) is 49.0 Å². The minimum Gasteiger partial charge on any atom is -0.448 e. The first-order valence-electron chi connectivity index (χ1n) is 14.9. The number of aliphatic hydroxyl groups is 1. The lowest BCUT2D eigenvalue weighted by Gasteiger charge is -2.60. The molecule has 1 aromatic carbocycles. The van der Waals surface area contributed by atoms with E-state index in [2.05, 4.69) is 30.7 Å². The van der Waals surface area contributed by atoms with E-state index in [1.54, 1.807) is 12.1 Å². The first kappa shape index (κ1) is 27.3. The van der Waals surface area contributed by atoms with Crippen LogP contribution in [0.15, 0.2) is 36.0 Å². The van der Waals surface area contributed by atoms with Gasteiger partial charge >= 0.3 is 5.97 Å². The first-order valence-corrected chi connectivity index (χ1v) is 15.3. The number of aromatic nitrogens is 2. The van der Waals surface area contributed by atoms with Gasteiger partial charge in [-0.25, -0.2) is 13.9 Å². The van der Waals surface area contributed by atoms with Crippen LogP contribution in [-0.4, -0.2) is 50.4 Å². The van der Waals surface area contributed by atoms with Crippen molar-refractivity contribution < 1.29 is 28.6 Å². The van der Waals surface area contributed by atoms with E-state index in [0.29, 0.717) is 25.9 Å². The average Bonchev–Trinajstić information content (AvgIpc) is 3.66. The molecule has 7 nitrogen and oxygen atoms in total. The van der Waals surface area contributed by atoms with E-state index < -0.39 is 34.3 Å². The third-order valence-electron chi connectivity index (χ3n) is 11.4. The molecule has 41 heavy (non-hydrogen) atoms. The zero-order valence-corrected chi connectivity index (χ0v) is 24.4. The van der Waals surface area contributed by atoms with E-state index in [1.807, 2.05) is 17.8 Å². The number of aliphatic hydroxyl groups excluding tert-OH is 1. The molecule has 8 atom stereocenters. The van der Waals surface area contributed by atoms with Gasteiger partial charge in [0.15, 0.2) is 11.7 Å². The molecule has 4 aliphatic carbocycles. The molecule has 1 aromatic heterocycles. The number of benzene rings is 1. The highest BCUT2D eigenvalue weighted by atomic mass is 32.1. The van der Waals surface area contributed by atoms with Gasteiger partial charge in [-0.05, 0) is 110 Å². The summed E-state index contributed by atoms with van der Waals surface area (Å²) in [7, 11) is 0. The predicted molar refractivity (Wildman–Crippen MR) is 153 cm³/mol. The van der Waals surface area contributed by atoms with E-state index in [-0.39, 0.29) is 29.0 Å². The Balaban J connectivity index is 1.21. The summed E-state index contributed by atoms with van der Waals surface area (Å²) in [6.45, 7) is 4.81. The van der Waals surface area contributed by atoms with E-state index in [9.17, 15) is 19.1 Å². The SMILES string of the molecule is C[C@]12Cc3cnn(-c4ccc(F)cc4)c3C=C1CC[C@@H]1[C@@H]2[C@@H](O)C[C@@]2(C)[C@H]1CC[C@]2(OC(=O)C1CCCO1)C(=O)S. The fourth-order valence-electron chi connectivity index (χ4n) is 9.52. The minimum absolute atomic E-state index is 0.00239. The number of allylic oxidation sites excluding steroid dienone is 1. The number of fused-ring (bicyclic) bond motifs is 6. The number of nitrogens with zero attached hydrogens (tertiary/aromatic N) is 2. The number of carbonyl (C=O) groups excluding carboxylic acids is 2. The van der Waals surface area contributed by atoms with Crippen LogP contribution in [-0.2, 0) is 25.5 Å². The highest BCUT2D eigenvalue weighted by Crippen LogP contribution is 2.68. The molecule has 0 radical (unpaired) electrons. The third-order valence-corrected chi connectivity index (χ3v) is 11.8. The number of ether oxygens (including phenoxy) is 2. The lowest BCUT2D eigenvalue weighted by atomic mass is 9.45. The van der Waals surface area contributed by atoms with Crippen molar-refractivity contribution in [3.8, 4) is 5.69 Å². The van der Waals surface area contributed by atoms with Crippen LogP contribution < -0.4 is 0 Å². The van der Waals surface area contributed by atoms with Crippen molar-refractivity contribution in [3.63, 3.8) is 0 Å². The second-order valence-electron chi connectivity index (χ2n) is 13.3. The fraction of sp³-hybridized carbons (Fsp3) is 0.594. The van der Waals surface area contributed by atoms with Crippen molar-refractivity contribution in [1.29, 1.82) is 0 Å². The molecule has 5 aliphatic rings. The van der Waals surface area contributed by atoms with Crippen LogP contribution >= 0.6 is 12.6 Å². The summed E-state index contributed by atoms with van der Waals surface area (Å²) in [5.41, 5.74) is 1.88. The largest absolute Gasteiger partial charge is 0.448 e. The maximum atomic E-state index is 13.6. The molecule has 0 spiro atoms. The molecule has 9 heteroatoms. The molecule has 3 saturated carbocycles. The van der Waals surface area contributed by atoms with E-state index >= 15 is 0 Å². The number of hydrogen-bond acceptors (Lipinski definition) is 6. The number of halogens is 1. The van der Waals surface area contributed by atoms with Gasteiger partial charge in [0.1, 0.15) is 5.82 Å². The fourth-order valence-corrected chi connectivity index (χ4v) is 9.94. The monoisotopic (exact) mass is 580 g/mol. The number of hydrogen-bond donors (Lipinski definition) is 2. The zero-order valence-electron chi connectivity index (χ0n) is 23.5. The van der Waals surface area contributed by atoms with E-state index in [4.69, 9.17) is 9.47 Å². The lowest BCUT2D eigenvalue weighted by Crippen LogP contribution is -2.62. The Morgan fingerprint density at radius 3 is 2.68 bits per heavy atom. The first-order chi connectivity index (χ1) is 19.6. The summed E-state index contributed by atoms with van der Waals surface area (Å²) < 4.78 is 27.1. The number of thiol groups is 1. The Morgan fingerprint density at radius 1 is 1.20 bits per heavy atom. The van der Waals surface area contributed by atoms with Crippen molar-refractivity contribution >= 4 is 29.8 Å². The predicted octanol–water partition coefficient (Wildman–Crippen LogP) is 5.08. The van der Waals surface area contributed by atoms with Crippen molar-refractivity contribution in [2.24, 2.45) is 28.6 Å². The summed E-state index contributed by atoms with van der Waals surface area (Å²) in [5.74, 6) is -0.471. The summed E-state index contributed by atoms with van der Waals surface area (Å²) in [6.07, 6.45) is 8.25. The minimum atomic E-state index is -1.37. The Labute approximate surface area is 244 Å². The van der Waals surface area contributed by atoms with Crippen LogP contribution in [0, 0.1) is 34.4 Å². The Morgan fingerprint density at radius 2 is 1.98 bits per heavy atom. The highest BCUT2D eigenvalue weighted by Gasteiger charge is 2.70. The molecular formula is C32H37FN2O5S. The van der Waals surface area contributed by atoms with Crippen LogP contribution in [0.25, 0.3) is 11.8 Å². The second kappa shape index (κ2) is 9.51. The van der Waals surface area contributed by atoms with Crippen molar-refractivity contribution in [2.45, 2.75) is 83.0 Å². The van der Waals surface area contributed by atoms with Gasteiger partial charge in [-0.2, -0.15) is 5.10 Å². The molecule has 1 N–H and O–H groups in total. The van der Waals surface area contributed by atoms with Crippen LogP contribution in [0.2, 0.25) is 0 Å². The standard InChI is InChI=1S/C32H37FN2O5S/c1-30-15-18-17-34-35(21-8-6-20(33)7-9-21)24(18)14-19(30)5-10-22-23-11-12-32(29(38)41,31(23,2)16-25(36)27(22)30)40-28(37)26-4-3-13-39-26/h6-9,14,17,22-23,25-27,36H,3-5,10-13,15-16H2,1-2H3,(H,38,41)/t22-,23-,25-,26?,27+,30-,31-,32-/m0/s1. The average molecular weight is 581 g/mol. The van der Waals surface area contributed by atoms with Crippen LogP contribution in [0.4, 0.5) is 4.39 Å². The normalized spacial score (nSPS) is 39.2. The molecule has 4 fully saturated rings. The third kappa shape index (κ3) is 3.87. The van der Waals surface area contributed by atoms with Crippen LogP contribution in [0.1, 0.15) is 70.1 Å².